The minimum absolute atomic E-state index is 0.297. The Hall–Kier alpha value is -2.76. The second-order valence-corrected chi connectivity index (χ2v) is 9.47. The Morgan fingerprint density at radius 3 is 2.00 bits per heavy atom. The van der Waals surface area contributed by atoms with Crippen molar-refractivity contribution < 1.29 is 18.8 Å². The molecule has 2 aromatic carbocycles. The highest BCUT2D eigenvalue weighted by atomic mass is 16.4. The third-order valence-electron chi connectivity index (χ3n) is 6.17. The van der Waals surface area contributed by atoms with E-state index >= 15 is 0 Å². The third kappa shape index (κ3) is 6.86. The number of carbonyl (C=O) groups excluding carboxylic acids is 1. The number of hydrogen-bond acceptors (Lipinski definition) is 4. The molecule has 0 saturated heterocycles. The number of aromatic nitrogens is 1. The summed E-state index contributed by atoms with van der Waals surface area (Å²) in [5, 5.41) is 11.8. The van der Waals surface area contributed by atoms with Crippen LogP contribution >= 0.6 is 0 Å². The molecule has 0 aliphatic carbocycles. The Bertz CT molecular complexity index is 928. The number of aliphatic hydroxyl groups is 1. The van der Waals surface area contributed by atoms with Gasteiger partial charge in [-0.25, -0.2) is 4.98 Å². The van der Waals surface area contributed by atoms with Crippen molar-refractivity contribution in [3.63, 3.8) is 0 Å². The summed E-state index contributed by atoms with van der Waals surface area (Å²) in [6.45, 7) is 1.76. The number of rotatable bonds is 14. The predicted molar refractivity (Wildman–Crippen MR) is 131 cm³/mol. The summed E-state index contributed by atoms with van der Waals surface area (Å²) in [4.78, 5) is 14.9. The summed E-state index contributed by atoms with van der Waals surface area (Å²) >= 11 is 0. The number of benzene rings is 2. The molecule has 0 aliphatic heterocycles. The maximum atomic E-state index is 11.8. The van der Waals surface area contributed by atoms with E-state index in [1.165, 1.54) is 19.3 Å². The highest BCUT2D eigenvalue weighted by Crippen LogP contribution is 2.36. The normalized spacial score (nSPS) is 12.1. The molecule has 0 amide bonds. The maximum absolute atomic E-state index is 11.8. The molecule has 0 saturated carbocycles. The zero-order valence-corrected chi connectivity index (χ0v) is 20.0. The van der Waals surface area contributed by atoms with Crippen LogP contribution in [-0.2, 0) is 16.9 Å². The largest absolute Gasteiger partial charge is 0.436 e. The van der Waals surface area contributed by atoms with E-state index in [0.29, 0.717) is 18.9 Å². The Morgan fingerprint density at radius 2 is 1.42 bits per heavy atom. The standard InChI is InChI=1S/C28H37N2O3/c1-30(2,20-14-6-4-3-5-7-15-21-31)23-26-22-29-27(33-26)28(32,24-16-10-8-11-17-24)25-18-12-9-13-19-25/h8-13,16-19,21-22,32H,3-7,14-15,20,23H2,1-2H3/q+1. The van der Waals surface area contributed by atoms with Gasteiger partial charge in [0.1, 0.15) is 12.8 Å². The van der Waals surface area contributed by atoms with Gasteiger partial charge >= 0.3 is 0 Å². The van der Waals surface area contributed by atoms with Gasteiger partial charge in [0, 0.05) is 6.42 Å². The fourth-order valence-corrected chi connectivity index (χ4v) is 4.30. The number of aldehydes is 1. The summed E-state index contributed by atoms with van der Waals surface area (Å²) in [6.07, 6.45) is 10.4. The molecular formula is C28H37N2O3+. The van der Waals surface area contributed by atoms with Gasteiger partial charge in [-0.05, 0) is 30.4 Å². The fourth-order valence-electron chi connectivity index (χ4n) is 4.30. The van der Waals surface area contributed by atoms with Crippen molar-refractivity contribution >= 4 is 6.29 Å². The lowest BCUT2D eigenvalue weighted by Gasteiger charge is -2.29. The van der Waals surface area contributed by atoms with Gasteiger partial charge in [0.2, 0.25) is 5.89 Å². The van der Waals surface area contributed by atoms with E-state index in [2.05, 4.69) is 19.1 Å². The number of unbranched alkanes of at least 4 members (excludes halogenated alkanes) is 6. The summed E-state index contributed by atoms with van der Waals surface area (Å²) in [6, 6.07) is 19.1. The van der Waals surface area contributed by atoms with Gasteiger partial charge < -0.3 is 18.8 Å². The first-order valence-corrected chi connectivity index (χ1v) is 12.0. The molecule has 5 heteroatoms. The summed E-state index contributed by atoms with van der Waals surface area (Å²) in [5.74, 6) is 1.07. The van der Waals surface area contributed by atoms with Crippen molar-refractivity contribution in [2.75, 3.05) is 20.6 Å². The topological polar surface area (TPSA) is 63.3 Å². The van der Waals surface area contributed by atoms with Gasteiger partial charge in [-0.3, -0.25) is 0 Å². The molecule has 0 aliphatic rings. The average Bonchev–Trinajstić information content (AvgIpc) is 3.29. The van der Waals surface area contributed by atoms with Crippen molar-refractivity contribution in [2.24, 2.45) is 0 Å². The van der Waals surface area contributed by atoms with Gasteiger partial charge in [0.15, 0.2) is 11.4 Å². The summed E-state index contributed by atoms with van der Waals surface area (Å²) < 4.78 is 6.97. The lowest BCUT2D eigenvalue weighted by molar-refractivity contribution is -0.904. The highest BCUT2D eigenvalue weighted by molar-refractivity contribution is 5.48. The second-order valence-electron chi connectivity index (χ2n) is 9.47. The van der Waals surface area contributed by atoms with Crippen LogP contribution in [0.3, 0.4) is 0 Å². The zero-order valence-electron chi connectivity index (χ0n) is 20.0. The monoisotopic (exact) mass is 449 g/mol. The van der Waals surface area contributed by atoms with Gasteiger partial charge in [-0.15, -0.1) is 0 Å². The average molecular weight is 450 g/mol. The summed E-state index contributed by atoms with van der Waals surface area (Å²) in [5.41, 5.74) is 0.0138. The van der Waals surface area contributed by atoms with Crippen LogP contribution in [0.2, 0.25) is 0 Å². The maximum Gasteiger partial charge on any atom is 0.236 e. The quantitative estimate of drug-likeness (QED) is 0.201. The number of carbonyl (C=O) groups is 1. The van der Waals surface area contributed by atoms with Crippen molar-refractivity contribution in [3.8, 4) is 0 Å². The molecule has 0 fully saturated rings. The summed E-state index contributed by atoms with van der Waals surface area (Å²) in [7, 11) is 4.40. The van der Waals surface area contributed by atoms with Crippen LogP contribution in [0.1, 0.15) is 67.7 Å². The second kappa shape index (κ2) is 11.9. The lowest BCUT2D eigenvalue weighted by atomic mass is 9.86. The molecule has 176 valence electrons. The number of oxazole rings is 1. The number of hydrogen-bond donors (Lipinski definition) is 1. The molecule has 3 aromatic rings. The van der Waals surface area contributed by atoms with Crippen LogP contribution < -0.4 is 0 Å². The van der Waals surface area contributed by atoms with Gasteiger partial charge in [-0.1, -0.05) is 79.9 Å². The minimum atomic E-state index is -1.44. The molecule has 1 aromatic heterocycles. The lowest BCUT2D eigenvalue weighted by Crippen LogP contribution is -2.39. The van der Waals surface area contributed by atoms with Crippen LogP contribution in [-0.4, -0.2) is 41.5 Å². The minimum Gasteiger partial charge on any atom is -0.436 e. The third-order valence-corrected chi connectivity index (χ3v) is 6.17. The molecular weight excluding hydrogens is 412 g/mol. The van der Waals surface area contributed by atoms with E-state index in [1.807, 2.05) is 60.7 Å². The van der Waals surface area contributed by atoms with E-state index in [0.717, 1.165) is 53.5 Å². The molecule has 33 heavy (non-hydrogen) atoms. The molecule has 0 atom stereocenters. The van der Waals surface area contributed by atoms with Crippen molar-refractivity contribution in [2.45, 2.75) is 57.1 Å². The van der Waals surface area contributed by atoms with Gasteiger partial charge in [0.05, 0.1) is 26.8 Å². The molecule has 0 unspecified atom stereocenters. The molecule has 1 heterocycles. The van der Waals surface area contributed by atoms with Gasteiger partial charge in [0.25, 0.3) is 0 Å². The Labute approximate surface area is 197 Å². The van der Waals surface area contributed by atoms with E-state index < -0.39 is 5.60 Å². The SMILES string of the molecule is C[N+](C)(CCCCCCCCC=O)Cc1cnc(C(O)(c2ccccc2)c2ccccc2)o1. The first-order valence-electron chi connectivity index (χ1n) is 12.0. The number of quaternary nitrogens is 1. The first kappa shape index (κ1) is 24.9. The van der Waals surface area contributed by atoms with Crippen LogP contribution in [0.4, 0.5) is 0 Å². The molecule has 5 nitrogen and oxygen atoms in total. The van der Waals surface area contributed by atoms with Crippen LogP contribution in [0.5, 0.6) is 0 Å². The first-order chi connectivity index (χ1) is 16.0. The predicted octanol–water partition coefficient (Wildman–Crippen LogP) is 5.46. The van der Waals surface area contributed by atoms with E-state index in [9.17, 15) is 9.90 Å². The van der Waals surface area contributed by atoms with Crippen molar-refractivity contribution in [1.29, 1.82) is 0 Å². The molecule has 0 spiro atoms. The van der Waals surface area contributed by atoms with E-state index in [1.54, 1.807) is 6.20 Å². The Kier molecular flexibility index (Phi) is 8.98. The van der Waals surface area contributed by atoms with Crippen molar-refractivity contribution in [3.05, 3.63) is 89.6 Å². The number of nitrogens with zero attached hydrogens (tertiary/aromatic N) is 2. The highest BCUT2D eigenvalue weighted by Gasteiger charge is 2.39. The molecule has 0 bridgehead atoms. The smallest absolute Gasteiger partial charge is 0.236 e. The molecule has 3 rings (SSSR count). The van der Waals surface area contributed by atoms with Crippen LogP contribution in [0.15, 0.2) is 71.3 Å². The van der Waals surface area contributed by atoms with Gasteiger partial charge in [-0.2, -0.15) is 0 Å². The molecule has 1 N–H and O–H groups in total. The molecule has 0 radical (unpaired) electrons. The van der Waals surface area contributed by atoms with E-state index in [-0.39, 0.29) is 0 Å². The Balaban J connectivity index is 1.64. The Morgan fingerprint density at radius 1 is 0.879 bits per heavy atom. The van der Waals surface area contributed by atoms with E-state index in [4.69, 9.17) is 4.42 Å². The van der Waals surface area contributed by atoms with Crippen LogP contribution in [0.25, 0.3) is 0 Å². The fraction of sp³-hybridized carbons (Fsp3) is 0.429. The van der Waals surface area contributed by atoms with Crippen molar-refractivity contribution in [1.82, 2.24) is 4.98 Å². The van der Waals surface area contributed by atoms with Crippen LogP contribution in [0, 0.1) is 0 Å². The zero-order chi connectivity index (χ0) is 23.6.